The first-order valence-electron chi connectivity index (χ1n) is 15.4. The fourth-order valence-corrected chi connectivity index (χ4v) is 6.42. The lowest BCUT2D eigenvalue weighted by molar-refractivity contribution is 0.462. The summed E-state index contributed by atoms with van der Waals surface area (Å²) in [6.07, 6.45) is 0.512. The standard InChI is InChI=1S/C41H36O6/c1-24-19-26(22-36(40(24)46)38(28-3-11-32(42)12-4-28)29-5-13-33(43)14-6-29)21-27-20-25(2)41(47)37(23-27)39(30-7-15-34(44)16-8-30)31-9-17-35(45)18-10-31/h3-20,22-23,38-39,42-47H,21H2,1-2H3. The van der Waals surface area contributed by atoms with Crippen LogP contribution in [0.2, 0.25) is 0 Å². The Labute approximate surface area is 273 Å². The Morgan fingerprint density at radius 3 is 0.894 bits per heavy atom. The molecule has 0 spiro atoms. The highest BCUT2D eigenvalue weighted by Crippen LogP contribution is 2.42. The topological polar surface area (TPSA) is 121 Å². The van der Waals surface area contributed by atoms with Crippen LogP contribution in [0.1, 0.15) is 67.5 Å². The Hall–Kier alpha value is -5.88. The van der Waals surface area contributed by atoms with Gasteiger partial charge >= 0.3 is 0 Å². The van der Waals surface area contributed by atoms with E-state index in [2.05, 4.69) is 0 Å². The van der Waals surface area contributed by atoms with Crippen LogP contribution in [-0.4, -0.2) is 30.6 Å². The number of rotatable bonds is 8. The van der Waals surface area contributed by atoms with Crippen LogP contribution in [0.4, 0.5) is 0 Å². The molecular formula is C41H36O6. The third-order valence-corrected chi connectivity index (χ3v) is 8.72. The number of hydrogen-bond acceptors (Lipinski definition) is 6. The molecule has 0 aliphatic heterocycles. The van der Waals surface area contributed by atoms with E-state index in [1.807, 2.05) is 86.6 Å². The molecule has 0 amide bonds. The maximum atomic E-state index is 11.4. The van der Waals surface area contributed by atoms with Gasteiger partial charge in [0.15, 0.2) is 0 Å². The Morgan fingerprint density at radius 2 is 0.638 bits per heavy atom. The zero-order valence-corrected chi connectivity index (χ0v) is 26.1. The molecule has 0 unspecified atom stereocenters. The van der Waals surface area contributed by atoms with Gasteiger partial charge in [-0.3, -0.25) is 0 Å². The lowest BCUT2D eigenvalue weighted by Crippen LogP contribution is -2.07. The number of phenols is 6. The van der Waals surface area contributed by atoms with Crippen molar-refractivity contribution >= 4 is 0 Å². The summed E-state index contributed by atoms with van der Waals surface area (Å²) in [5.74, 6) is 0.158. The molecular weight excluding hydrogens is 588 g/mol. The molecule has 6 N–H and O–H groups in total. The van der Waals surface area contributed by atoms with Gasteiger partial charge in [0.05, 0.1) is 0 Å². The summed E-state index contributed by atoms with van der Waals surface area (Å²) in [5.41, 5.74) is 8.20. The Kier molecular flexibility index (Phi) is 8.51. The van der Waals surface area contributed by atoms with Crippen LogP contribution in [0.25, 0.3) is 0 Å². The van der Waals surface area contributed by atoms with Gasteiger partial charge in [0.25, 0.3) is 0 Å². The quantitative estimate of drug-likeness (QED) is 0.0945. The average molecular weight is 625 g/mol. The summed E-state index contributed by atoms with van der Waals surface area (Å²) >= 11 is 0. The van der Waals surface area contributed by atoms with Crippen molar-refractivity contribution < 1.29 is 30.6 Å². The van der Waals surface area contributed by atoms with Crippen LogP contribution < -0.4 is 0 Å². The van der Waals surface area contributed by atoms with Crippen molar-refractivity contribution in [3.8, 4) is 34.5 Å². The van der Waals surface area contributed by atoms with E-state index in [1.54, 1.807) is 48.5 Å². The monoisotopic (exact) mass is 624 g/mol. The molecule has 47 heavy (non-hydrogen) atoms. The summed E-state index contributed by atoms with van der Waals surface area (Å²) in [5, 5.41) is 62.7. The second-order valence-corrected chi connectivity index (χ2v) is 12.1. The first-order chi connectivity index (χ1) is 22.6. The summed E-state index contributed by atoms with van der Waals surface area (Å²) in [7, 11) is 0. The van der Waals surface area contributed by atoms with Gasteiger partial charge < -0.3 is 30.6 Å². The molecule has 6 aromatic rings. The highest BCUT2D eigenvalue weighted by Gasteiger charge is 2.24. The predicted molar refractivity (Wildman–Crippen MR) is 183 cm³/mol. The largest absolute Gasteiger partial charge is 0.508 e. The van der Waals surface area contributed by atoms with Crippen molar-refractivity contribution in [3.05, 3.63) is 177 Å². The molecule has 6 nitrogen and oxygen atoms in total. The number of phenolic OH excluding ortho intramolecular Hbond substituents is 6. The molecule has 0 saturated heterocycles. The van der Waals surface area contributed by atoms with Crippen molar-refractivity contribution in [3.63, 3.8) is 0 Å². The summed E-state index contributed by atoms with van der Waals surface area (Å²) in [6.45, 7) is 3.73. The van der Waals surface area contributed by atoms with Crippen molar-refractivity contribution in [1.82, 2.24) is 0 Å². The molecule has 0 radical (unpaired) electrons. The van der Waals surface area contributed by atoms with Gasteiger partial charge in [-0.25, -0.2) is 0 Å². The van der Waals surface area contributed by atoms with Gasteiger partial charge in [0.2, 0.25) is 0 Å². The van der Waals surface area contributed by atoms with E-state index in [1.165, 1.54) is 0 Å². The van der Waals surface area contributed by atoms with Crippen LogP contribution in [0.3, 0.4) is 0 Å². The van der Waals surface area contributed by atoms with Crippen molar-refractivity contribution in [2.24, 2.45) is 0 Å². The molecule has 0 saturated carbocycles. The van der Waals surface area contributed by atoms with Crippen molar-refractivity contribution in [2.45, 2.75) is 32.1 Å². The Morgan fingerprint density at radius 1 is 0.383 bits per heavy atom. The predicted octanol–water partition coefficient (Wildman–Crippen LogP) is 8.49. The summed E-state index contributed by atoms with van der Waals surface area (Å²) in [4.78, 5) is 0. The second kappa shape index (κ2) is 12.9. The Balaban J connectivity index is 1.45. The van der Waals surface area contributed by atoms with Gasteiger partial charge in [-0.2, -0.15) is 0 Å². The second-order valence-electron chi connectivity index (χ2n) is 12.1. The maximum absolute atomic E-state index is 11.4. The van der Waals surface area contributed by atoms with E-state index >= 15 is 0 Å². The van der Waals surface area contributed by atoms with Gasteiger partial charge in [0, 0.05) is 23.0 Å². The SMILES string of the molecule is Cc1cc(Cc2cc(C)c(O)c(C(c3ccc(O)cc3)c3ccc(O)cc3)c2)cc(C(c2ccc(O)cc2)c2ccc(O)cc2)c1O. The Bertz CT molecular complexity index is 1770. The molecule has 0 aromatic heterocycles. The van der Waals surface area contributed by atoms with Crippen LogP contribution in [0.5, 0.6) is 34.5 Å². The average Bonchev–Trinajstić information content (AvgIpc) is 3.05. The molecule has 0 bridgehead atoms. The zero-order chi connectivity index (χ0) is 33.2. The molecule has 6 rings (SSSR count). The third kappa shape index (κ3) is 6.58. The molecule has 0 atom stereocenters. The summed E-state index contributed by atoms with van der Waals surface area (Å²) in [6, 6.07) is 35.5. The van der Waals surface area contributed by atoms with Gasteiger partial charge in [0.1, 0.15) is 34.5 Å². The van der Waals surface area contributed by atoms with Gasteiger partial charge in [-0.05, 0) is 113 Å². The van der Waals surface area contributed by atoms with E-state index in [0.717, 1.165) is 33.4 Å². The fourth-order valence-electron chi connectivity index (χ4n) is 6.42. The number of aromatic hydroxyl groups is 6. The number of aryl methyl sites for hydroxylation is 2. The smallest absolute Gasteiger partial charge is 0.122 e. The lowest BCUT2D eigenvalue weighted by atomic mass is 9.81. The van der Waals surface area contributed by atoms with Crippen LogP contribution >= 0.6 is 0 Å². The first kappa shape index (κ1) is 31.1. The van der Waals surface area contributed by atoms with Gasteiger partial charge in [-0.1, -0.05) is 72.8 Å². The number of benzene rings is 6. The van der Waals surface area contributed by atoms with E-state index in [4.69, 9.17) is 0 Å². The van der Waals surface area contributed by atoms with Crippen molar-refractivity contribution in [1.29, 1.82) is 0 Å². The van der Waals surface area contributed by atoms with Gasteiger partial charge in [-0.15, -0.1) is 0 Å². The van der Waals surface area contributed by atoms with Crippen LogP contribution in [-0.2, 0) is 6.42 Å². The minimum Gasteiger partial charge on any atom is -0.508 e. The molecule has 6 heteroatoms. The van der Waals surface area contributed by atoms with E-state index in [9.17, 15) is 30.6 Å². The molecule has 0 aliphatic carbocycles. The minimum atomic E-state index is -0.375. The molecule has 0 aliphatic rings. The number of hydrogen-bond donors (Lipinski definition) is 6. The molecule has 6 aromatic carbocycles. The first-order valence-corrected chi connectivity index (χ1v) is 15.4. The zero-order valence-electron chi connectivity index (χ0n) is 26.1. The molecule has 0 fully saturated rings. The lowest BCUT2D eigenvalue weighted by Gasteiger charge is -2.23. The fraction of sp³-hybridized carbons (Fsp3) is 0.122. The minimum absolute atomic E-state index is 0.142. The van der Waals surface area contributed by atoms with Crippen LogP contribution in [0, 0.1) is 13.8 Å². The maximum Gasteiger partial charge on any atom is 0.122 e. The van der Waals surface area contributed by atoms with E-state index in [-0.39, 0.29) is 46.3 Å². The van der Waals surface area contributed by atoms with E-state index < -0.39 is 0 Å². The highest BCUT2D eigenvalue weighted by atomic mass is 16.3. The molecule has 0 heterocycles. The van der Waals surface area contributed by atoms with E-state index in [0.29, 0.717) is 28.7 Å². The molecule has 236 valence electrons. The van der Waals surface area contributed by atoms with Crippen LogP contribution in [0.15, 0.2) is 121 Å². The normalized spacial score (nSPS) is 11.3. The van der Waals surface area contributed by atoms with Crippen molar-refractivity contribution in [2.75, 3.05) is 0 Å². The summed E-state index contributed by atoms with van der Waals surface area (Å²) < 4.78 is 0. The third-order valence-electron chi connectivity index (χ3n) is 8.72. The highest BCUT2D eigenvalue weighted by molar-refractivity contribution is 5.57.